The number of benzene rings is 1. The molecule has 1 fully saturated rings. The van der Waals surface area contributed by atoms with Crippen molar-refractivity contribution in [3.63, 3.8) is 0 Å². The highest BCUT2D eigenvalue weighted by Gasteiger charge is 2.21. The molecule has 28 heavy (non-hydrogen) atoms. The summed E-state index contributed by atoms with van der Waals surface area (Å²) >= 11 is 0. The van der Waals surface area contributed by atoms with E-state index in [2.05, 4.69) is 30.1 Å². The molecule has 8 heteroatoms. The first-order chi connectivity index (χ1) is 13.8. The van der Waals surface area contributed by atoms with Crippen molar-refractivity contribution in [1.82, 2.24) is 25.2 Å². The molecule has 2 aromatic heterocycles. The molecule has 0 radical (unpaired) electrons. The molecular weight excluding hydrogens is 356 g/mol. The summed E-state index contributed by atoms with van der Waals surface area (Å²) in [5.74, 6) is 1.08. The van der Waals surface area contributed by atoms with Crippen LogP contribution in [0, 0.1) is 0 Å². The van der Waals surface area contributed by atoms with E-state index in [-0.39, 0.29) is 5.91 Å². The van der Waals surface area contributed by atoms with Crippen molar-refractivity contribution in [3.8, 4) is 0 Å². The number of rotatable bonds is 6. The van der Waals surface area contributed by atoms with Crippen molar-refractivity contribution >= 4 is 11.9 Å². The molecule has 1 saturated heterocycles. The molecule has 3 aromatic rings. The highest BCUT2D eigenvalue weighted by Crippen LogP contribution is 2.12. The van der Waals surface area contributed by atoms with Crippen molar-refractivity contribution in [2.45, 2.75) is 13.1 Å². The van der Waals surface area contributed by atoms with Gasteiger partial charge in [0.25, 0.3) is 5.91 Å². The van der Waals surface area contributed by atoms with Gasteiger partial charge in [-0.2, -0.15) is 0 Å². The van der Waals surface area contributed by atoms with Gasteiger partial charge in [-0.25, -0.2) is 15.0 Å². The molecule has 0 bridgehead atoms. The number of hydrogen-bond donors (Lipinski definition) is 1. The number of oxazole rings is 1. The minimum atomic E-state index is -0.232. The van der Waals surface area contributed by atoms with E-state index in [0.717, 1.165) is 37.7 Å². The number of amides is 1. The van der Waals surface area contributed by atoms with Gasteiger partial charge in [0.15, 0.2) is 5.69 Å². The summed E-state index contributed by atoms with van der Waals surface area (Å²) < 4.78 is 5.50. The summed E-state index contributed by atoms with van der Waals surface area (Å²) in [6.45, 7) is 4.44. The summed E-state index contributed by atoms with van der Waals surface area (Å²) in [4.78, 5) is 29.6. The number of aromatic nitrogens is 3. The number of nitrogens with zero attached hydrogens (tertiary/aromatic N) is 5. The summed E-state index contributed by atoms with van der Waals surface area (Å²) in [6, 6.07) is 11.6. The standard InChI is InChI=1S/C20H22N6O2/c27-19(23-13-16-5-2-1-3-6-16)17-15-28-18(24-17)14-25-9-11-26(12-10-25)20-21-7-4-8-22-20/h1-8,15H,9-14H2,(H,23,27). The SMILES string of the molecule is O=C(NCc1ccccc1)c1coc(CN2CCN(c3ncccn3)CC2)n1. The predicted molar refractivity (Wildman–Crippen MR) is 104 cm³/mol. The average Bonchev–Trinajstić information content (AvgIpc) is 3.22. The van der Waals surface area contributed by atoms with E-state index < -0.39 is 0 Å². The van der Waals surface area contributed by atoms with E-state index >= 15 is 0 Å². The predicted octanol–water partition coefficient (Wildman–Crippen LogP) is 1.72. The lowest BCUT2D eigenvalue weighted by molar-refractivity contribution is 0.0946. The first-order valence-corrected chi connectivity index (χ1v) is 9.29. The van der Waals surface area contributed by atoms with E-state index in [4.69, 9.17) is 4.42 Å². The monoisotopic (exact) mass is 378 g/mol. The molecular formula is C20H22N6O2. The van der Waals surface area contributed by atoms with Crippen LogP contribution in [-0.2, 0) is 13.1 Å². The Kier molecular flexibility index (Phi) is 5.58. The number of anilines is 1. The Morgan fingerprint density at radius 3 is 2.54 bits per heavy atom. The number of nitrogens with one attached hydrogen (secondary N) is 1. The molecule has 0 unspecified atom stereocenters. The highest BCUT2D eigenvalue weighted by atomic mass is 16.3. The van der Waals surface area contributed by atoms with E-state index in [1.165, 1.54) is 6.26 Å². The van der Waals surface area contributed by atoms with Gasteiger partial charge in [0.05, 0.1) is 6.54 Å². The zero-order valence-corrected chi connectivity index (χ0v) is 15.5. The van der Waals surface area contributed by atoms with Gasteiger partial charge < -0.3 is 14.6 Å². The number of hydrogen-bond acceptors (Lipinski definition) is 7. The minimum Gasteiger partial charge on any atom is -0.447 e. The Morgan fingerprint density at radius 2 is 1.79 bits per heavy atom. The number of carbonyl (C=O) groups is 1. The first-order valence-electron chi connectivity index (χ1n) is 9.29. The molecule has 144 valence electrons. The molecule has 1 amide bonds. The summed E-state index contributed by atoms with van der Waals surface area (Å²) in [5.41, 5.74) is 1.35. The van der Waals surface area contributed by atoms with Gasteiger partial charge in [0, 0.05) is 45.1 Å². The lowest BCUT2D eigenvalue weighted by atomic mass is 10.2. The molecule has 1 aliphatic rings. The van der Waals surface area contributed by atoms with Crippen molar-refractivity contribution in [1.29, 1.82) is 0 Å². The fourth-order valence-corrected chi connectivity index (χ4v) is 3.11. The van der Waals surface area contributed by atoms with Gasteiger partial charge in [-0.1, -0.05) is 30.3 Å². The summed E-state index contributed by atoms with van der Waals surface area (Å²) in [5, 5.41) is 2.86. The third-order valence-corrected chi connectivity index (χ3v) is 4.65. The van der Waals surface area contributed by atoms with Crippen LogP contribution in [0.5, 0.6) is 0 Å². The second-order valence-corrected chi connectivity index (χ2v) is 6.61. The van der Waals surface area contributed by atoms with Gasteiger partial charge in [0.1, 0.15) is 6.26 Å². The minimum absolute atomic E-state index is 0.232. The molecule has 0 saturated carbocycles. The van der Waals surface area contributed by atoms with Crippen LogP contribution >= 0.6 is 0 Å². The van der Waals surface area contributed by atoms with Crippen LogP contribution in [0.2, 0.25) is 0 Å². The third-order valence-electron chi connectivity index (χ3n) is 4.65. The van der Waals surface area contributed by atoms with E-state index in [9.17, 15) is 4.79 Å². The van der Waals surface area contributed by atoms with Crippen molar-refractivity contribution in [2.24, 2.45) is 0 Å². The summed E-state index contributed by atoms with van der Waals surface area (Å²) in [7, 11) is 0. The largest absolute Gasteiger partial charge is 0.447 e. The molecule has 1 N–H and O–H groups in total. The van der Waals surface area contributed by atoms with Crippen LogP contribution in [0.3, 0.4) is 0 Å². The Labute approximate surface area is 163 Å². The quantitative estimate of drug-likeness (QED) is 0.699. The topological polar surface area (TPSA) is 87.4 Å². The second-order valence-electron chi connectivity index (χ2n) is 6.61. The van der Waals surface area contributed by atoms with E-state index in [1.807, 2.05) is 36.4 Å². The lowest BCUT2D eigenvalue weighted by Gasteiger charge is -2.33. The maximum Gasteiger partial charge on any atom is 0.273 e. The Bertz CT molecular complexity index is 891. The zero-order valence-electron chi connectivity index (χ0n) is 15.5. The fraction of sp³-hybridized carbons (Fsp3) is 0.300. The van der Waals surface area contributed by atoms with E-state index in [0.29, 0.717) is 24.7 Å². The maximum atomic E-state index is 12.3. The maximum absolute atomic E-state index is 12.3. The lowest BCUT2D eigenvalue weighted by Crippen LogP contribution is -2.46. The van der Waals surface area contributed by atoms with Crippen LogP contribution in [0.1, 0.15) is 21.9 Å². The first kappa shape index (κ1) is 18.1. The normalized spacial score (nSPS) is 14.8. The number of carbonyl (C=O) groups excluding carboxylic acids is 1. The molecule has 1 aliphatic heterocycles. The molecule has 0 atom stereocenters. The molecule has 1 aromatic carbocycles. The highest BCUT2D eigenvalue weighted by molar-refractivity contribution is 5.91. The molecule has 0 spiro atoms. The van der Waals surface area contributed by atoms with Gasteiger partial charge in [-0.3, -0.25) is 9.69 Å². The van der Waals surface area contributed by atoms with E-state index in [1.54, 1.807) is 12.4 Å². The molecule has 3 heterocycles. The fourth-order valence-electron chi connectivity index (χ4n) is 3.11. The molecule has 4 rings (SSSR count). The van der Waals surface area contributed by atoms with Gasteiger partial charge in [-0.05, 0) is 11.6 Å². The van der Waals surface area contributed by atoms with Crippen LogP contribution in [-0.4, -0.2) is 51.9 Å². The summed E-state index contributed by atoms with van der Waals surface area (Å²) in [6.07, 6.45) is 4.93. The molecule has 0 aliphatic carbocycles. The van der Waals surface area contributed by atoms with Gasteiger partial charge >= 0.3 is 0 Å². The Balaban J connectivity index is 1.26. The van der Waals surface area contributed by atoms with Crippen molar-refractivity contribution in [2.75, 3.05) is 31.1 Å². The Hall–Kier alpha value is -3.26. The van der Waals surface area contributed by atoms with Gasteiger partial charge in [-0.15, -0.1) is 0 Å². The van der Waals surface area contributed by atoms with Crippen LogP contribution in [0.15, 0.2) is 59.5 Å². The van der Waals surface area contributed by atoms with Crippen LogP contribution in [0.4, 0.5) is 5.95 Å². The van der Waals surface area contributed by atoms with Gasteiger partial charge in [0.2, 0.25) is 11.8 Å². The second kappa shape index (κ2) is 8.62. The van der Waals surface area contributed by atoms with Crippen molar-refractivity contribution in [3.05, 3.63) is 72.2 Å². The zero-order chi connectivity index (χ0) is 19.2. The number of piperazine rings is 1. The van der Waals surface area contributed by atoms with Crippen LogP contribution < -0.4 is 10.2 Å². The van der Waals surface area contributed by atoms with Crippen LogP contribution in [0.25, 0.3) is 0 Å². The van der Waals surface area contributed by atoms with Crippen molar-refractivity contribution < 1.29 is 9.21 Å². The smallest absolute Gasteiger partial charge is 0.273 e. The molecule has 8 nitrogen and oxygen atoms in total. The average molecular weight is 378 g/mol. The Morgan fingerprint density at radius 1 is 1.04 bits per heavy atom. The third kappa shape index (κ3) is 4.52.